The van der Waals surface area contributed by atoms with Gasteiger partial charge in [-0.1, -0.05) is 17.7 Å². The average Bonchev–Trinajstić information content (AvgIpc) is 2.64. The fraction of sp³-hybridized carbons (Fsp3) is 0.100. The normalized spacial score (nSPS) is 10.3. The molecule has 4 nitrogen and oxygen atoms in total. The fourth-order valence-electron chi connectivity index (χ4n) is 1.36. The van der Waals surface area contributed by atoms with Crippen molar-refractivity contribution < 1.29 is 4.74 Å². The highest BCUT2D eigenvalue weighted by atomic mass is 35.5. The van der Waals surface area contributed by atoms with Gasteiger partial charge in [-0.2, -0.15) is 0 Å². The lowest BCUT2D eigenvalue weighted by Gasteiger charge is -2.03. The van der Waals surface area contributed by atoms with E-state index >= 15 is 0 Å². The Morgan fingerprint density at radius 2 is 2.20 bits per heavy atom. The van der Waals surface area contributed by atoms with Gasteiger partial charge in [0.25, 0.3) is 5.56 Å². The summed E-state index contributed by atoms with van der Waals surface area (Å²) in [5.74, 6) is 0.590. The third-order valence-electron chi connectivity index (χ3n) is 2.11. The van der Waals surface area contributed by atoms with Gasteiger partial charge in [0.1, 0.15) is 5.75 Å². The molecule has 0 spiro atoms. The van der Waals surface area contributed by atoms with Crippen LogP contribution in [-0.2, 0) is 0 Å². The maximum Gasteiger partial charge on any atom is 0.271 e. The minimum absolute atomic E-state index is 0.170. The number of hydrogen-bond acceptors (Lipinski definition) is 2. The van der Waals surface area contributed by atoms with Crippen LogP contribution in [0, 0.1) is 0 Å². The van der Waals surface area contributed by atoms with Crippen molar-refractivity contribution in [3.05, 3.63) is 39.8 Å². The lowest BCUT2D eigenvalue weighted by Crippen LogP contribution is -2.01. The minimum atomic E-state index is -0.170. The number of ether oxygens (including phenoxy) is 1. The summed E-state index contributed by atoms with van der Waals surface area (Å²) in [6.45, 7) is 0. The molecule has 2 rings (SSSR count). The predicted molar refractivity (Wildman–Crippen MR) is 58.4 cm³/mol. The summed E-state index contributed by atoms with van der Waals surface area (Å²) in [5, 5.41) is 5.58. The van der Waals surface area contributed by atoms with E-state index in [1.807, 2.05) is 0 Å². The van der Waals surface area contributed by atoms with Crippen molar-refractivity contribution in [2.45, 2.75) is 0 Å². The average molecular weight is 225 g/mol. The van der Waals surface area contributed by atoms with Crippen LogP contribution in [0.15, 0.2) is 29.2 Å². The Balaban J connectivity index is 2.52. The van der Waals surface area contributed by atoms with Crippen LogP contribution in [-0.4, -0.2) is 17.3 Å². The van der Waals surface area contributed by atoms with Crippen LogP contribution >= 0.6 is 11.6 Å². The summed E-state index contributed by atoms with van der Waals surface area (Å²) < 4.78 is 5.02. The lowest BCUT2D eigenvalue weighted by molar-refractivity contribution is 0.415. The Hall–Kier alpha value is -1.68. The summed E-state index contributed by atoms with van der Waals surface area (Å²) in [6.07, 6.45) is 1.60. The summed E-state index contributed by atoms with van der Waals surface area (Å²) in [4.78, 5) is 11.3. The maximum absolute atomic E-state index is 11.3. The zero-order valence-corrected chi connectivity index (χ0v) is 8.76. The van der Waals surface area contributed by atoms with Crippen molar-refractivity contribution in [3.63, 3.8) is 0 Å². The second kappa shape index (κ2) is 3.82. The van der Waals surface area contributed by atoms with Gasteiger partial charge in [0.15, 0.2) is 0 Å². The Kier molecular flexibility index (Phi) is 2.51. The monoisotopic (exact) mass is 224 g/mol. The van der Waals surface area contributed by atoms with Gasteiger partial charge in [-0.15, -0.1) is 0 Å². The van der Waals surface area contributed by atoms with Gasteiger partial charge in [-0.3, -0.25) is 9.89 Å². The molecule has 0 aliphatic heterocycles. The number of H-pyrrole nitrogens is 2. The molecule has 78 valence electrons. The van der Waals surface area contributed by atoms with E-state index in [4.69, 9.17) is 16.3 Å². The van der Waals surface area contributed by atoms with E-state index in [2.05, 4.69) is 10.2 Å². The Bertz CT molecular complexity index is 530. The minimum Gasteiger partial charge on any atom is -0.495 e. The number of nitrogens with one attached hydrogen (secondary N) is 2. The Morgan fingerprint density at radius 1 is 1.40 bits per heavy atom. The summed E-state index contributed by atoms with van der Waals surface area (Å²) >= 11 is 5.95. The first-order chi connectivity index (χ1) is 7.22. The summed E-state index contributed by atoms with van der Waals surface area (Å²) in [5.41, 5.74) is 1.14. The zero-order chi connectivity index (χ0) is 10.8. The summed E-state index contributed by atoms with van der Waals surface area (Å²) in [7, 11) is 1.55. The van der Waals surface area contributed by atoms with Gasteiger partial charge < -0.3 is 9.84 Å². The highest BCUT2D eigenvalue weighted by Crippen LogP contribution is 2.28. The number of hydrogen-bond donors (Lipinski definition) is 2. The van der Waals surface area contributed by atoms with Crippen molar-refractivity contribution in [2.75, 3.05) is 7.11 Å². The molecule has 0 saturated carbocycles. The van der Waals surface area contributed by atoms with Crippen LogP contribution < -0.4 is 10.3 Å². The van der Waals surface area contributed by atoms with Gasteiger partial charge in [-0.25, -0.2) is 0 Å². The highest BCUT2D eigenvalue weighted by Gasteiger charge is 2.07. The van der Waals surface area contributed by atoms with Crippen molar-refractivity contribution in [3.8, 4) is 16.9 Å². The van der Waals surface area contributed by atoms with Gasteiger partial charge >= 0.3 is 0 Å². The first-order valence-electron chi connectivity index (χ1n) is 4.32. The first-order valence-corrected chi connectivity index (χ1v) is 4.70. The standard InChI is InChI=1S/C10H9ClN2O2/c1-15-9-3-2-6(4-8(9)11)7-5-12-13-10(7)14/h2-5H,1H3,(H2,12,13,14). The number of halogens is 1. The van der Waals surface area contributed by atoms with Crippen LogP contribution in [0.5, 0.6) is 5.75 Å². The molecule has 1 aromatic heterocycles. The molecule has 1 aromatic carbocycles. The summed E-state index contributed by atoms with van der Waals surface area (Å²) in [6, 6.07) is 5.20. The molecule has 2 N–H and O–H groups in total. The molecule has 0 aliphatic carbocycles. The molecule has 0 amide bonds. The molecule has 2 aromatic rings. The smallest absolute Gasteiger partial charge is 0.271 e. The molecule has 0 radical (unpaired) electrons. The van der Waals surface area contributed by atoms with Crippen LogP contribution in [0.25, 0.3) is 11.1 Å². The second-order valence-electron chi connectivity index (χ2n) is 3.01. The molecule has 0 bridgehead atoms. The number of aromatic nitrogens is 2. The highest BCUT2D eigenvalue weighted by molar-refractivity contribution is 6.32. The van der Waals surface area contributed by atoms with Crippen LogP contribution in [0.4, 0.5) is 0 Å². The molecule has 15 heavy (non-hydrogen) atoms. The molecular weight excluding hydrogens is 216 g/mol. The number of rotatable bonds is 2. The van der Waals surface area contributed by atoms with E-state index in [1.54, 1.807) is 31.5 Å². The van der Waals surface area contributed by atoms with Crippen LogP contribution in [0.1, 0.15) is 0 Å². The van der Waals surface area contributed by atoms with Crippen molar-refractivity contribution in [1.82, 2.24) is 10.2 Å². The topological polar surface area (TPSA) is 57.9 Å². The predicted octanol–water partition coefficient (Wildman–Crippen LogP) is 2.03. The first kappa shape index (κ1) is 9.86. The third-order valence-corrected chi connectivity index (χ3v) is 2.40. The van der Waals surface area contributed by atoms with E-state index < -0.39 is 0 Å². The zero-order valence-electron chi connectivity index (χ0n) is 8.00. The SMILES string of the molecule is COc1ccc(-c2c[nH][nH]c2=O)cc1Cl. The molecule has 1 heterocycles. The quantitative estimate of drug-likeness (QED) is 0.820. The number of aromatic amines is 2. The van der Waals surface area contributed by atoms with Crippen LogP contribution in [0.3, 0.4) is 0 Å². The molecule has 0 fully saturated rings. The molecule has 0 saturated heterocycles. The number of benzene rings is 1. The van der Waals surface area contributed by atoms with E-state index in [1.165, 1.54) is 0 Å². The van der Waals surface area contributed by atoms with Crippen LogP contribution in [0.2, 0.25) is 5.02 Å². The number of methoxy groups -OCH3 is 1. The molecule has 5 heteroatoms. The van der Waals surface area contributed by atoms with E-state index in [0.29, 0.717) is 16.3 Å². The van der Waals surface area contributed by atoms with E-state index in [0.717, 1.165) is 5.56 Å². The van der Waals surface area contributed by atoms with E-state index in [9.17, 15) is 4.79 Å². The van der Waals surface area contributed by atoms with Crippen molar-refractivity contribution in [1.29, 1.82) is 0 Å². The molecule has 0 unspecified atom stereocenters. The maximum atomic E-state index is 11.3. The molecule has 0 atom stereocenters. The van der Waals surface area contributed by atoms with Gasteiger partial charge in [-0.05, 0) is 17.7 Å². The fourth-order valence-corrected chi connectivity index (χ4v) is 1.61. The lowest BCUT2D eigenvalue weighted by atomic mass is 10.1. The second-order valence-corrected chi connectivity index (χ2v) is 3.41. The molecular formula is C10H9ClN2O2. The molecule has 0 aliphatic rings. The van der Waals surface area contributed by atoms with Crippen molar-refractivity contribution >= 4 is 11.6 Å². The Morgan fingerprint density at radius 3 is 2.73 bits per heavy atom. The largest absolute Gasteiger partial charge is 0.495 e. The van der Waals surface area contributed by atoms with E-state index in [-0.39, 0.29) is 5.56 Å². The van der Waals surface area contributed by atoms with Crippen molar-refractivity contribution in [2.24, 2.45) is 0 Å². The van der Waals surface area contributed by atoms with Gasteiger partial charge in [0.2, 0.25) is 0 Å². The van der Waals surface area contributed by atoms with Gasteiger partial charge in [0, 0.05) is 6.20 Å². The van der Waals surface area contributed by atoms with Gasteiger partial charge in [0.05, 0.1) is 17.7 Å². The Labute approximate surface area is 90.8 Å². The third kappa shape index (κ3) is 1.76.